The van der Waals surface area contributed by atoms with E-state index < -0.39 is 33.6 Å². The number of rotatable bonds is 11. The third-order valence-electron chi connectivity index (χ3n) is 7.29. The second-order valence-electron chi connectivity index (χ2n) is 12.5. The first-order valence-corrected chi connectivity index (χ1v) is 18.3. The molecule has 10 nitrogen and oxygen atoms in total. The molecule has 1 aliphatic carbocycles. The molecule has 262 valence electrons. The van der Waals surface area contributed by atoms with Gasteiger partial charge >= 0.3 is 57.4 Å². The molecule has 0 radical (unpaired) electrons. The first-order chi connectivity index (χ1) is 22.5. The number of ether oxygens (including phenoxy) is 2. The van der Waals surface area contributed by atoms with E-state index in [9.17, 15) is 22.8 Å². The fraction of sp³-hybridized carbons (Fsp3) is 0.429. The molecule has 3 N–H and O–H groups in total. The summed E-state index contributed by atoms with van der Waals surface area (Å²) < 4.78 is 34.5. The number of amides is 2. The third kappa shape index (κ3) is 15.1. The summed E-state index contributed by atoms with van der Waals surface area (Å²) in [5, 5.41) is 6.56. The number of esters is 1. The molecule has 49 heavy (non-hydrogen) atoms. The Morgan fingerprint density at radius 2 is 1.76 bits per heavy atom. The Balaban J connectivity index is 0.000000590. The van der Waals surface area contributed by atoms with Crippen molar-refractivity contribution in [3.8, 4) is 0 Å². The van der Waals surface area contributed by atoms with E-state index in [-0.39, 0.29) is 88.2 Å². The minimum absolute atomic E-state index is 0. The first kappa shape index (κ1) is 43.3. The number of halogens is 2. The van der Waals surface area contributed by atoms with Crippen LogP contribution in [0.1, 0.15) is 86.3 Å². The molecule has 2 aromatic rings. The molecule has 1 fully saturated rings. The van der Waals surface area contributed by atoms with Gasteiger partial charge in [0.2, 0.25) is 15.9 Å². The maximum atomic E-state index is 13.3. The number of carbonyl (C=O) groups excluding carboxylic acids is 3. The Hall–Kier alpha value is -1.87. The molecule has 0 spiro atoms. The zero-order valence-electron chi connectivity index (χ0n) is 28.6. The van der Waals surface area contributed by atoms with Crippen LogP contribution >= 0.6 is 23.2 Å². The van der Waals surface area contributed by atoms with Gasteiger partial charge in [-0.1, -0.05) is 72.5 Å². The summed E-state index contributed by atoms with van der Waals surface area (Å²) in [7, 11) is -2.97. The van der Waals surface area contributed by atoms with Crippen molar-refractivity contribution in [2.75, 3.05) is 19.4 Å². The topological polar surface area (TPSA) is 140 Å². The number of fused-ring (bicyclic) bond motifs is 1. The number of nitrogens with one attached hydrogen (secondary N) is 3. The minimum Gasteiger partial charge on any atom is -0.520 e. The van der Waals surface area contributed by atoms with Gasteiger partial charge in [-0.25, -0.2) is 37.0 Å². The van der Waals surface area contributed by atoms with Crippen molar-refractivity contribution in [3.63, 3.8) is 0 Å². The minimum atomic E-state index is -2.97. The molecule has 2 aliphatic rings. The molecule has 14 heteroatoms. The molecule has 1 saturated carbocycles. The summed E-state index contributed by atoms with van der Waals surface area (Å²) >= 11 is 12.5. The van der Waals surface area contributed by atoms with Gasteiger partial charge in [-0.15, -0.1) is 0 Å². The van der Waals surface area contributed by atoms with Crippen LogP contribution in [0.25, 0.3) is 0 Å². The Bertz CT molecular complexity index is 1610. The van der Waals surface area contributed by atoms with E-state index in [1.54, 1.807) is 75.7 Å². The van der Waals surface area contributed by atoms with Gasteiger partial charge in [-0.2, -0.15) is 6.08 Å². The SMILES string of the molecule is CS(=O)(=O)NC1CCCCC1.[CH-]=C(/C=C\[CH-]CNC(=O)[C@@H]1c2ccccc2C(=O)N[C@H]1c1ccc(Cl)cc1Cl)OCC(=O)OC(C)(C)C.[K+]. The number of hydrogen-bond donors (Lipinski definition) is 3. The standard InChI is InChI=1S/C28H28Cl2N2O5.C7H15NO2S.K/c1-17(36-16-23(33)37-28(2,3)4)9-7-8-14-31-27(35)24-19-10-5-6-11-20(19)26(34)32-25(24)21-13-12-18(29)15-22(21)30;1-11(9,10)8-7-5-3-2-4-6-7;/h1,5-13,15,24-25H,14,16H2,2-4H3,(H,31,35)(H,32,34);7-8H,2-6H2,1H3;/q-2;;+1/b9-7-;;/t24-,25+;;/m1../s1. The summed E-state index contributed by atoms with van der Waals surface area (Å²) in [6.07, 6.45) is 11.5. The third-order valence-corrected chi connectivity index (χ3v) is 8.62. The molecule has 2 atom stereocenters. The number of hydrogen-bond acceptors (Lipinski definition) is 7. The van der Waals surface area contributed by atoms with Crippen LogP contribution in [0.4, 0.5) is 0 Å². The van der Waals surface area contributed by atoms with Crippen LogP contribution in [0.3, 0.4) is 0 Å². The molecule has 2 amide bonds. The molecule has 1 heterocycles. The van der Waals surface area contributed by atoms with Gasteiger partial charge in [-0.05, 0) is 69.5 Å². The molecule has 2 aromatic carbocycles. The molecule has 0 unspecified atom stereocenters. The van der Waals surface area contributed by atoms with E-state index in [0.717, 1.165) is 25.7 Å². The number of carbonyl (C=O) groups is 3. The van der Waals surface area contributed by atoms with Crippen LogP contribution in [0.5, 0.6) is 0 Å². The smallest absolute Gasteiger partial charge is 0.520 e. The molecule has 0 bridgehead atoms. The summed E-state index contributed by atoms with van der Waals surface area (Å²) in [5.41, 5.74) is 1.000. The average Bonchev–Trinajstić information content (AvgIpc) is 2.99. The van der Waals surface area contributed by atoms with Crippen LogP contribution in [0.2, 0.25) is 10.0 Å². The van der Waals surface area contributed by atoms with Crippen molar-refractivity contribution in [3.05, 3.63) is 100 Å². The Morgan fingerprint density at radius 3 is 2.39 bits per heavy atom. The van der Waals surface area contributed by atoms with E-state index >= 15 is 0 Å². The van der Waals surface area contributed by atoms with Gasteiger partial charge < -0.3 is 20.1 Å². The molecule has 0 saturated heterocycles. The first-order valence-electron chi connectivity index (χ1n) is 15.6. The number of sulfonamides is 1. The van der Waals surface area contributed by atoms with E-state index in [2.05, 4.69) is 15.4 Å². The van der Waals surface area contributed by atoms with Gasteiger partial charge in [0.05, 0.1) is 18.2 Å². The van der Waals surface area contributed by atoms with Gasteiger partial charge in [0.1, 0.15) is 5.60 Å². The average molecular weight is 760 g/mol. The predicted octanol–water partition coefficient (Wildman–Crippen LogP) is 2.99. The van der Waals surface area contributed by atoms with Crippen LogP contribution < -0.4 is 66.7 Å². The molecular weight excluding hydrogens is 716 g/mol. The van der Waals surface area contributed by atoms with E-state index in [1.807, 2.05) is 0 Å². The monoisotopic (exact) mass is 758 g/mol. The van der Waals surface area contributed by atoms with Gasteiger partial charge in [0.25, 0.3) is 5.91 Å². The molecule has 4 rings (SSSR count). The Morgan fingerprint density at radius 1 is 1.08 bits per heavy atom. The number of benzene rings is 2. The van der Waals surface area contributed by atoms with E-state index in [1.165, 1.54) is 18.8 Å². The normalized spacial score (nSPS) is 17.7. The van der Waals surface area contributed by atoms with Crippen molar-refractivity contribution < 1.29 is 83.7 Å². The zero-order valence-corrected chi connectivity index (χ0v) is 34.0. The second kappa shape index (κ2) is 20.2. The molecular formula is C35H43Cl2KN3O7S-. The summed E-state index contributed by atoms with van der Waals surface area (Å²) in [5.74, 6) is -1.82. The van der Waals surface area contributed by atoms with Crippen LogP contribution in [0.15, 0.2) is 60.4 Å². The van der Waals surface area contributed by atoms with Crippen LogP contribution in [-0.4, -0.2) is 57.3 Å². The Kier molecular flexibility index (Phi) is 17.9. The second-order valence-corrected chi connectivity index (χ2v) is 15.1. The largest absolute Gasteiger partial charge is 1.00 e. The van der Waals surface area contributed by atoms with Crippen molar-refractivity contribution in [1.82, 2.24) is 15.4 Å². The summed E-state index contributed by atoms with van der Waals surface area (Å²) in [6, 6.07) is 11.4. The van der Waals surface area contributed by atoms with Crippen molar-refractivity contribution in [2.45, 2.75) is 76.5 Å². The van der Waals surface area contributed by atoms with Gasteiger partial charge in [0.15, 0.2) is 6.61 Å². The molecule has 1 aliphatic heterocycles. The van der Waals surface area contributed by atoms with E-state index in [0.29, 0.717) is 26.7 Å². The van der Waals surface area contributed by atoms with Crippen molar-refractivity contribution in [1.29, 1.82) is 0 Å². The number of allylic oxidation sites excluding steroid dienone is 1. The maximum absolute atomic E-state index is 13.3. The summed E-state index contributed by atoms with van der Waals surface area (Å²) in [6.45, 7) is 10.9. The van der Waals surface area contributed by atoms with Gasteiger partial charge in [-0.3, -0.25) is 9.59 Å². The zero-order chi connectivity index (χ0) is 35.5. The van der Waals surface area contributed by atoms with Crippen LogP contribution in [0, 0.1) is 13.0 Å². The predicted molar refractivity (Wildman–Crippen MR) is 187 cm³/mol. The van der Waals surface area contributed by atoms with E-state index in [4.69, 9.17) is 39.3 Å². The fourth-order valence-electron chi connectivity index (χ4n) is 5.35. The van der Waals surface area contributed by atoms with Crippen molar-refractivity contribution >= 4 is 51.0 Å². The maximum Gasteiger partial charge on any atom is 1.00 e. The molecule has 0 aromatic heterocycles. The summed E-state index contributed by atoms with van der Waals surface area (Å²) in [4.78, 5) is 37.8. The Labute approximate surface area is 342 Å². The quantitative estimate of drug-likeness (QED) is 0.0800. The van der Waals surface area contributed by atoms with Crippen LogP contribution in [-0.2, 0) is 29.1 Å². The fourth-order valence-corrected chi connectivity index (χ4v) is 6.71. The van der Waals surface area contributed by atoms with Gasteiger partial charge in [0, 0.05) is 21.7 Å². The van der Waals surface area contributed by atoms with Crippen molar-refractivity contribution in [2.24, 2.45) is 0 Å².